The number of nitrogens with two attached hydrogens (primary N) is 1. The number of anilines is 2. The van der Waals surface area contributed by atoms with Crippen LogP contribution in [0.5, 0.6) is 5.75 Å². The molecule has 2 heterocycles. The molecule has 2 aromatic carbocycles. The maximum atomic E-state index is 13.1. The number of nitrogens with zero attached hydrogens (tertiary/aromatic N) is 3. The van der Waals surface area contributed by atoms with Crippen molar-refractivity contribution in [2.45, 2.75) is 20.4 Å². The number of aryl methyl sites for hydroxylation is 1. The standard InChI is InChI=1S/C26H27N7O4/c1-3-36-23(34)15-33(22-6-4-5-13-29-22)26(35)37-20-12-11-19-24(16(20)2)32-21(31-19)14-30-18-9-7-17(8-10-18)25(27)28/h4-13,30H,3,14-15H2,1-2H3,(H3,27,28)(H,31,32). The lowest BCUT2D eigenvalue weighted by Crippen LogP contribution is -2.39. The molecule has 4 aromatic rings. The number of amides is 1. The van der Waals surface area contributed by atoms with Gasteiger partial charge in [0, 0.05) is 23.0 Å². The second kappa shape index (κ2) is 11.2. The number of esters is 1. The van der Waals surface area contributed by atoms with E-state index in [4.69, 9.17) is 20.6 Å². The maximum Gasteiger partial charge on any atom is 0.421 e. The van der Waals surface area contributed by atoms with Crippen LogP contribution in [0.25, 0.3) is 11.0 Å². The molecular formula is C26H27N7O4. The predicted octanol–water partition coefficient (Wildman–Crippen LogP) is 3.73. The number of aromatic amines is 1. The molecule has 190 valence electrons. The number of hydrogen-bond donors (Lipinski definition) is 4. The van der Waals surface area contributed by atoms with Crippen molar-refractivity contribution < 1.29 is 19.1 Å². The van der Waals surface area contributed by atoms with Crippen molar-refractivity contribution in [1.29, 1.82) is 5.41 Å². The molecule has 11 heteroatoms. The summed E-state index contributed by atoms with van der Waals surface area (Å²) in [6, 6.07) is 15.7. The number of hydrogen-bond acceptors (Lipinski definition) is 8. The summed E-state index contributed by atoms with van der Waals surface area (Å²) in [5.74, 6) is 0.712. The van der Waals surface area contributed by atoms with Crippen molar-refractivity contribution in [3.8, 4) is 5.75 Å². The van der Waals surface area contributed by atoms with E-state index in [-0.39, 0.29) is 24.8 Å². The second-order valence-electron chi connectivity index (χ2n) is 8.06. The Morgan fingerprint density at radius 3 is 2.59 bits per heavy atom. The molecule has 1 amide bonds. The van der Waals surface area contributed by atoms with Crippen LogP contribution in [0.3, 0.4) is 0 Å². The Morgan fingerprint density at radius 2 is 1.92 bits per heavy atom. The van der Waals surface area contributed by atoms with Crippen molar-refractivity contribution in [2.75, 3.05) is 23.4 Å². The number of amidine groups is 1. The van der Waals surface area contributed by atoms with Crippen molar-refractivity contribution in [2.24, 2.45) is 5.73 Å². The van der Waals surface area contributed by atoms with Crippen molar-refractivity contribution in [1.82, 2.24) is 15.0 Å². The first-order chi connectivity index (χ1) is 17.9. The van der Waals surface area contributed by atoms with E-state index in [1.807, 2.05) is 12.1 Å². The number of nitrogens with one attached hydrogen (secondary N) is 3. The van der Waals surface area contributed by atoms with E-state index < -0.39 is 12.1 Å². The molecule has 0 spiro atoms. The fraction of sp³-hybridized carbons (Fsp3) is 0.192. The van der Waals surface area contributed by atoms with Gasteiger partial charge in [0.15, 0.2) is 0 Å². The van der Waals surface area contributed by atoms with Crippen LogP contribution in [0.4, 0.5) is 16.3 Å². The number of H-pyrrole nitrogens is 1. The van der Waals surface area contributed by atoms with Crippen molar-refractivity contribution in [3.05, 3.63) is 77.7 Å². The molecule has 0 fully saturated rings. The van der Waals surface area contributed by atoms with Gasteiger partial charge in [0.25, 0.3) is 0 Å². The molecule has 37 heavy (non-hydrogen) atoms. The third-order valence-electron chi connectivity index (χ3n) is 5.50. The van der Waals surface area contributed by atoms with Crippen molar-refractivity contribution >= 4 is 40.4 Å². The van der Waals surface area contributed by atoms with E-state index in [2.05, 4.69) is 20.3 Å². The zero-order valence-electron chi connectivity index (χ0n) is 20.4. The Morgan fingerprint density at radius 1 is 1.14 bits per heavy atom. The van der Waals surface area contributed by atoms with Gasteiger partial charge in [-0.1, -0.05) is 6.07 Å². The zero-order valence-corrected chi connectivity index (χ0v) is 20.4. The van der Waals surface area contributed by atoms with Gasteiger partial charge >= 0.3 is 12.1 Å². The van der Waals surface area contributed by atoms with E-state index in [0.29, 0.717) is 34.8 Å². The molecule has 0 unspecified atom stereocenters. The lowest BCUT2D eigenvalue weighted by molar-refractivity contribution is -0.141. The zero-order chi connectivity index (χ0) is 26.4. The van der Waals surface area contributed by atoms with Gasteiger partial charge in [0.2, 0.25) is 0 Å². The number of benzene rings is 2. The molecular weight excluding hydrogens is 474 g/mol. The minimum absolute atomic E-state index is 0.0138. The monoisotopic (exact) mass is 501 g/mol. The summed E-state index contributed by atoms with van der Waals surface area (Å²) in [6.07, 6.45) is 0.760. The fourth-order valence-electron chi connectivity index (χ4n) is 3.63. The van der Waals surface area contributed by atoms with Crippen LogP contribution in [-0.4, -0.2) is 46.0 Å². The number of fused-ring (bicyclic) bond motifs is 1. The Bertz CT molecular complexity index is 1420. The highest BCUT2D eigenvalue weighted by Crippen LogP contribution is 2.27. The molecule has 0 radical (unpaired) electrons. The second-order valence-corrected chi connectivity index (χ2v) is 8.06. The average Bonchev–Trinajstić information content (AvgIpc) is 3.32. The molecule has 2 aromatic heterocycles. The summed E-state index contributed by atoms with van der Waals surface area (Å²) in [5, 5.41) is 10.8. The third-order valence-corrected chi connectivity index (χ3v) is 5.50. The largest absolute Gasteiger partial charge is 0.465 e. The number of pyridine rings is 1. The van der Waals surface area contributed by atoms with Crippen LogP contribution in [0.15, 0.2) is 60.8 Å². The first-order valence-electron chi connectivity index (χ1n) is 11.6. The number of carbonyl (C=O) groups is 2. The van der Waals surface area contributed by atoms with Gasteiger partial charge < -0.3 is 25.5 Å². The Kier molecular flexibility index (Phi) is 7.62. The Balaban J connectivity index is 1.50. The predicted molar refractivity (Wildman–Crippen MR) is 140 cm³/mol. The smallest absolute Gasteiger partial charge is 0.421 e. The summed E-state index contributed by atoms with van der Waals surface area (Å²) in [5.41, 5.74) is 9.11. The SMILES string of the molecule is CCOC(=O)CN(C(=O)Oc1ccc2[nH]c(CNc3ccc(C(=N)N)cc3)nc2c1C)c1ccccn1. The summed E-state index contributed by atoms with van der Waals surface area (Å²) < 4.78 is 10.7. The minimum atomic E-state index is -0.763. The average molecular weight is 502 g/mol. The van der Waals surface area contributed by atoms with Crippen LogP contribution in [-0.2, 0) is 16.1 Å². The highest BCUT2D eigenvalue weighted by molar-refractivity contribution is 5.95. The number of imidazole rings is 1. The Hall–Kier alpha value is -4.93. The lowest BCUT2D eigenvalue weighted by Gasteiger charge is -2.20. The summed E-state index contributed by atoms with van der Waals surface area (Å²) in [4.78, 5) is 38.4. The molecule has 0 saturated heterocycles. The number of rotatable bonds is 9. The molecule has 5 N–H and O–H groups in total. The van der Waals surface area contributed by atoms with Crippen molar-refractivity contribution in [3.63, 3.8) is 0 Å². The number of carbonyl (C=O) groups excluding carboxylic acids is 2. The molecule has 4 rings (SSSR count). The molecule has 0 saturated carbocycles. The molecule has 0 aliphatic rings. The first-order valence-corrected chi connectivity index (χ1v) is 11.6. The fourth-order valence-corrected chi connectivity index (χ4v) is 3.63. The van der Waals surface area contributed by atoms with Crippen LogP contribution in [0, 0.1) is 12.3 Å². The summed E-state index contributed by atoms with van der Waals surface area (Å²) >= 11 is 0. The summed E-state index contributed by atoms with van der Waals surface area (Å²) in [7, 11) is 0. The quantitative estimate of drug-likeness (QED) is 0.153. The highest BCUT2D eigenvalue weighted by atomic mass is 16.6. The van der Waals surface area contributed by atoms with E-state index in [9.17, 15) is 9.59 Å². The van der Waals surface area contributed by atoms with Gasteiger partial charge in [-0.3, -0.25) is 10.2 Å². The van der Waals surface area contributed by atoms with Gasteiger partial charge in [-0.05, 0) is 62.4 Å². The number of ether oxygens (including phenoxy) is 2. The molecule has 0 bridgehead atoms. The van der Waals surface area contributed by atoms with Gasteiger partial charge in [0.1, 0.15) is 29.8 Å². The van der Waals surface area contributed by atoms with Crippen LogP contribution < -0.4 is 20.7 Å². The van der Waals surface area contributed by atoms with Crippen LogP contribution in [0.2, 0.25) is 0 Å². The maximum absolute atomic E-state index is 13.1. The molecule has 0 atom stereocenters. The number of nitrogen functional groups attached to an aromatic ring is 1. The Labute approximate surface area is 213 Å². The topological polar surface area (TPSA) is 159 Å². The highest BCUT2D eigenvalue weighted by Gasteiger charge is 2.24. The minimum Gasteiger partial charge on any atom is -0.465 e. The van der Waals surface area contributed by atoms with Gasteiger partial charge in [-0.2, -0.15) is 0 Å². The van der Waals surface area contributed by atoms with E-state index in [0.717, 1.165) is 16.1 Å². The lowest BCUT2D eigenvalue weighted by atomic mass is 10.2. The van der Waals surface area contributed by atoms with Gasteiger partial charge in [-0.15, -0.1) is 0 Å². The third kappa shape index (κ3) is 6.01. The molecule has 0 aliphatic heterocycles. The van der Waals surface area contributed by atoms with Gasteiger partial charge in [0.05, 0.1) is 24.2 Å². The number of aromatic nitrogens is 3. The van der Waals surface area contributed by atoms with E-state index in [1.165, 1.54) is 6.20 Å². The van der Waals surface area contributed by atoms with Gasteiger partial charge in [-0.25, -0.2) is 19.7 Å². The summed E-state index contributed by atoms with van der Waals surface area (Å²) in [6.45, 7) is 3.78. The molecule has 0 aliphatic carbocycles. The van der Waals surface area contributed by atoms with Crippen LogP contribution >= 0.6 is 0 Å². The molecule has 11 nitrogen and oxygen atoms in total. The van der Waals surface area contributed by atoms with E-state index >= 15 is 0 Å². The van der Waals surface area contributed by atoms with E-state index in [1.54, 1.807) is 56.3 Å². The van der Waals surface area contributed by atoms with Crippen LogP contribution in [0.1, 0.15) is 23.9 Å². The first kappa shape index (κ1) is 25.2. The normalized spacial score (nSPS) is 10.6.